The van der Waals surface area contributed by atoms with Crippen molar-refractivity contribution in [1.29, 1.82) is 0 Å². The summed E-state index contributed by atoms with van der Waals surface area (Å²) in [4.78, 5) is 0. The molecule has 0 aromatic rings. The second-order valence-corrected chi connectivity index (χ2v) is 6.83. The first-order chi connectivity index (χ1) is 11.8. The van der Waals surface area contributed by atoms with Crippen LogP contribution in [0, 0.1) is 0 Å². The van der Waals surface area contributed by atoms with E-state index in [1.54, 1.807) is 0 Å². The van der Waals surface area contributed by atoms with Crippen molar-refractivity contribution in [2.45, 2.75) is 116 Å². The minimum Gasteiger partial charge on any atom is -0.103 e. The molecule has 142 valence electrons. The SMILES string of the molecule is C=CCCC=C.C=CCCCCCCCCCCCCCCCC. The molecule has 0 aromatic heterocycles. The lowest BCUT2D eigenvalue weighted by atomic mass is 10.0. The molecule has 0 fully saturated rings. The molecule has 0 heteroatoms. The summed E-state index contributed by atoms with van der Waals surface area (Å²) in [7, 11) is 0. The van der Waals surface area contributed by atoms with Gasteiger partial charge in [0.2, 0.25) is 0 Å². The van der Waals surface area contributed by atoms with Crippen molar-refractivity contribution in [3.63, 3.8) is 0 Å². The maximum atomic E-state index is 3.76. The molecular formula is C24H46. The Hall–Kier alpha value is -0.780. The Labute approximate surface area is 154 Å². The van der Waals surface area contributed by atoms with E-state index in [0.29, 0.717) is 0 Å². The van der Waals surface area contributed by atoms with E-state index in [1.165, 1.54) is 96.3 Å². The molecule has 0 nitrogen and oxygen atoms in total. The molecule has 0 aliphatic heterocycles. The van der Waals surface area contributed by atoms with Gasteiger partial charge in [-0.25, -0.2) is 0 Å². The fourth-order valence-corrected chi connectivity index (χ4v) is 2.72. The zero-order valence-electron chi connectivity index (χ0n) is 16.9. The molecule has 0 aliphatic carbocycles. The van der Waals surface area contributed by atoms with Crippen LogP contribution in [0.15, 0.2) is 38.0 Å². The van der Waals surface area contributed by atoms with Crippen LogP contribution in [0.25, 0.3) is 0 Å². The number of allylic oxidation sites excluding steroid dienone is 3. The number of unbranched alkanes of at least 4 members (excludes halogenated alkanes) is 15. The molecule has 0 N–H and O–H groups in total. The summed E-state index contributed by atoms with van der Waals surface area (Å²) in [6, 6.07) is 0. The van der Waals surface area contributed by atoms with Crippen LogP contribution in [-0.2, 0) is 0 Å². The predicted octanol–water partition coefficient (Wildman–Crippen LogP) is 9.18. The largest absolute Gasteiger partial charge is 0.103 e. The fraction of sp³-hybridized carbons (Fsp3) is 0.750. The Morgan fingerprint density at radius 3 is 1.00 bits per heavy atom. The van der Waals surface area contributed by atoms with Crippen LogP contribution in [0.2, 0.25) is 0 Å². The maximum Gasteiger partial charge on any atom is -0.0319 e. The van der Waals surface area contributed by atoms with Crippen LogP contribution >= 0.6 is 0 Å². The molecule has 24 heavy (non-hydrogen) atoms. The lowest BCUT2D eigenvalue weighted by molar-refractivity contribution is 0.536. The van der Waals surface area contributed by atoms with Crippen molar-refractivity contribution in [1.82, 2.24) is 0 Å². The fourth-order valence-electron chi connectivity index (χ4n) is 2.72. The molecule has 0 spiro atoms. The van der Waals surface area contributed by atoms with Crippen molar-refractivity contribution >= 4 is 0 Å². The summed E-state index contributed by atoms with van der Waals surface area (Å²) >= 11 is 0. The highest BCUT2D eigenvalue weighted by Gasteiger charge is 1.93. The van der Waals surface area contributed by atoms with Crippen molar-refractivity contribution in [3.8, 4) is 0 Å². The number of hydrogen-bond donors (Lipinski definition) is 0. The Morgan fingerprint density at radius 1 is 0.417 bits per heavy atom. The smallest absolute Gasteiger partial charge is 0.0319 e. The summed E-state index contributed by atoms with van der Waals surface area (Å²) < 4.78 is 0. The van der Waals surface area contributed by atoms with E-state index in [4.69, 9.17) is 0 Å². The molecule has 0 saturated heterocycles. The lowest BCUT2D eigenvalue weighted by Gasteiger charge is -2.02. The first-order valence-electron chi connectivity index (χ1n) is 10.7. The molecular weight excluding hydrogens is 288 g/mol. The summed E-state index contributed by atoms with van der Waals surface area (Å²) in [5.74, 6) is 0. The van der Waals surface area contributed by atoms with E-state index in [9.17, 15) is 0 Å². The first-order valence-corrected chi connectivity index (χ1v) is 10.7. The highest BCUT2D eigenvalue weighted by atomic mass is 14.0. The Morgan fingerprint density at radius 2 is 0.708 bits per heavy atom. The molecule has 0 heterocycles. The molecule has 0 aliphatic rings. The third-order valence-corrected chi connectivity index (χ3v) is 4.34. The van der Waals surface area contributed by atoms with Crippen molar-refractivity contribution < 1.29 is 0 Å². The normalized spacial score (nSPS) is 9.88. The third-order valence-electron chi connectivity index (χ3n) is 4.34. The Balaban J connectivity index is 0. The number of hydrogen-bond acceptors (Lipinski definition) is 0. The molecule has 0 aromatic carbocycles. The van der Waals surface area contributed by atoms with E-state index in [1.807, 2.05) is 18.2 Å². The van der Waals surface area contributed by atoms with Crippen LogP contribution in [0.1, 0.15) is 116 Å². The molecule has 0 bridgehead atoms. The monoisotopic (exact) mass is 334 g/mol. The average Bonchev–Trinajstić information content (AvgIpc) is 2.61. The zero-order chi connectivity index (χ0) is 18.1. The van der Waals surface area contributed by atoms with E-state index in [-0.39, 0.29) is 0 Å². The van der Waals surface area contributed by atoms with Crippen molar-refractivity contribution in [3.05, 3.63) is 38.0 Å². The van der Waals surface area contributed by atoms with Gasteiger partial charge in [0.1, 0.15) is 0 Å². The van der Waals surface area contributed by atoms with Crippen molar-refractivity contribution in [2.24, 2.45) is 0 Å². The zero-order valence-corrected chi connectivity index (χ0v) is 16.9. The summed E-state index contributed by atoms with van der Waals surface area (Å²) in [6.45, 7) is 13.1. The molecule has 0 radical (unpaired) electrons. The second-order valence-electron chi connectivity index (χ2n) is 6.83. The van der Waals surface area contributed by atoms with Gasteiger partial charge in [-0.15, -0.1) is 19.7 Å². The standard InChI is InChI=1S/C18H36.C6H10/c1-3-5-7-9-11-13-15-17-18-16-14-12-10-8-6-4-2;1-3-5-6-4-2/h3H,1,4-18H2,2H3;3-4H,1-2,5-6H2. The van der Waals surface area contributed by atoms with E-state index >= 15 is 0 Å². The molecule has 0 atom stereocenters. The van der Waals surface area contributed by atoms with Crippen LogP contribution < -0.4 is 0 Å². The molecule has 0 rings (SSSR count). The summed E-state index contributed by atoms with van der Waals surface area (Å²) in [5.41, 5.74) is 0. The average molecular weight is 335 g/mol. The highest BCUT2D eigenvalue weighted by Crippen LogP contribution is 2.13. The van der Waals surface area contributed by atoms with Gasteiger partial charge in [-0.2, -0.15) is 0 Å². The minimum atomic E-state index is 1.06. The second kappa shape index (κ2) is 27.1. The van der Waals surface area contributed by atoms with Gasteiger partial charge in [0, 0.05) is 0 Å². The Bertz CT molecular complexity index is 230. The van der Waals surface area contributed by atoms with Gasteiger partial charge in [-0.3, -0.25) is 0 Å². The van der Waals surface area contributed by atoms with E-state index in [2.05, 4.69) is 26.7 Å². The molecule has 0 unspecified atom stereocenters. The van der Waals surface area contributed by atoms with Gasteiger partial charge in [0.15, 0.2) is 0 Å². The lowest BCUT2D eigenvalue weighted by Crippen LogP contribution is -1.83. The van der Waals surface area contributed by atoms with Crippen LogP contribution in [0.3, 0.4) is 0 Å². The minimum absolute atomic E-state index is 1.06. The van der Waals surface area contributed by atoms with Crippen LogP contribution in [0.4, 0.5) is 0 Å². The summed E-state index contributed by atoms with van der Waals surface area (Å²) in [6.07, 6.45) is 29.4. The first kappa shape index (κ1) is 25.5. The van der Waals surface area contributed by atoms with Crippen molar-refractivity contribution in [2.75, 3.05) is 0 Å². The number of rotatable bonds is 18. The highest BCUT2D eigenvalue weighted by molar-refractivity contribution is 4.74. The third kappa shape index (κ3) is 29.3. The van der Waals surface area contributed by atoms with Gasteiger partial charge in [-0.1, -0.05) is 109 Å². The summed E-state index contributed by atoms with van der Waals surface area (Å²) in [5, 5.41) is 0. The van der Waals surface area contributed by atoms with Gasteiger partial charge in [-0.05, 0) is 25.7 Å². The molecule has 0 amide bonds. The van der Waals surface area contributed by atoms with Crippen LogP contribution in [-0.4, -0.2) is 0 Å². The topological polar surface area (TPSA) is 0 Å². The van der Waals surface area contributed by atoms with E-state index in [0.717, 1.165) is 12.8 Å². The molecule has 0 saturated carbocycles. The van der Waals surface area contributed by atoms with Gasteiger partial charge in [0.05, 0.1) is 0 Å². The van der Waals surface area contributed by atoms with Gasteiger partial charge >= 0.3 is 0 Å². The van der Waals surface area contributed by atoms with Gasteiger partial charge in [0.25, 0.3) is 0 Å². The van der Waals surface area contributed by atoms with Crippen LogP contribution in [0.5, 0.6) is 0 Å². The quantitative estimate of drug-likeness (QED) is 0.173. The van der Waals surface area contributed by atoms with E-state index < -0.39 is 0 Å². The van der Waals surface area contributed by atoms with Gasteiger partial charge < -0.3 is 0 Å². The Kier molecular flexibility index (Phi) is 28.7. The maximum absolute atomic E-state index is 3.76. The predicted molar refractivity (Wildman–Crippen MR) is 115 cm³/mol.